The van der Waals surface area contributed by atoms with Crippen LogP contribution in [0, 0.1) is 5.92 Å². The third-order valence-corrected chi connectivity index (χ3v) is 3.89. The molecule has 1 amide bonds. The SMILES string of the molecule is CCNC(C)(C)C(=O)NC(c1ccc(CC)cc1)C(C)C. The zero-order valence-electron chi connectivity index (χ0n) is 14.3. The molecule has 0 heterocycles. The highest BCUT2D eigenvalue weighted by molar-refractivity contribution is 5.85. The molecular formula is C18H30N2O. The zero-order chi connectivity index (χ0) is 16.0. The van der Waals surface area contributed by atoms with E-state index in [0.717, 1.165) is 13.0 Å². The van der Waals surface area contributed by atoms with Gasteiger partial charge >= 0.3 is 0 Å². The molecule has 0 saturated heterocycles. The van der Waals surface area contributed by atoms with E-state index < -0.39 is 5.54 Å². The molecule has 1 aromatic rings. The molecule has 1 rings (SSSR count). The number of carbonyl (C=O) groups excluding carboxylic acids is 1. The summed E-state index contributed by atoms with van der Waals surface area (Å²) in [6.45, 7) is 13.1. The number of benzene rings is 1. The molecule has 0 spiro atoms. The summed E-state index contributed by atoms with van der Waals surface area (Å²) in [5.74, 6) is 0.390. The Bertz CT molecular complexity index is 449. The summed E-state index contributed by atoms with van der Waals surface area (Å²) in [4.78, 5) is 12.5. The molecule has 0 saturated carbocycles. The molecule has 0 aliphatic heterocycles. The van der Waals surface area contributed by atoms with Crippen LogP contribution in [0.15, 0.2) is 24.3 Å². The van der Waals surface area contributed by atoms with E-state index in [2.05, 4.69) is 55.7 Å². The van der Waals surface area contributed by atoms with Crippen LogP contribution in [-0.2, 0) is 11.2 Å². The molecule has 1 atom stereocenters. The maximum Gasteiger partial charge on any atom is 0.240 e. The van der Waals surface area contributed by atoms with Gasteiger partial charge in [0.25, 0.3) is 0 Å². The molecule has 0 fully saturated rings. The first-order valence-electron chi connectivity index (χ1n) is 7.96. The maximum atomic E-state index is 12.5. The predicted molar refractivity (Wildman–Crippen MR) is 89.3 cm³/mol. The van der Waals surface area contributed by atoms with Gasteiger partial charge in [0.15, 0.2) is 0 Å². The second-order valence-electron chi connectivity index (χ2n) is 6.45. The standard InChI is InChI=1S/C18H30N2O/c1-7-14-9-11-15(12-10-14)16(13(3)4)20-17(21)18(5,6)19-8-2/h9-13,16,19H,7-8H2,1-6H3,(H,20,21). The quantitative estimate of drug-likeness (QED) is 0.807. The Morgan fingerprint density at radius 3 is 2.14 bits per heavy atom. The van der Waals surface area contributed by atoms with Gasteiger partial charge in [-0.25, -0.2) is 0 Å². The highest BCUT2D eigenvalue weighted by atomic mass is 16.2. The first-order valence-corrected chi connectivity index (χ1v) is 7.96. The molecule has 0 radical (unpaired) electrons. The van der Waals surface area contributed by atoms with Crippen LogP contribution in [0.25, 0.3) is 0 Å². The lowest BCUT2D eigenvalue weighted by Gasteiger charge is -2.30. The van der Waals surface area contributed by atoms with Crippen molar-refractivity contribution in [3.63, 3.8) is 0 Å². The predicted octanol–water partition coefficient (Wildman–Crippen LogP) is 3.45. The van der Waals surface area contributed by atoms with Crippen molar-refractivity contribution < 1.29 is 4.79 Å². The van der Waals surface area contributed by atoms with Gasteiger partial charge in [-0.3, -0.25) is 4.79 Å². The van der Waals surface area contributed by atoms with E-state index in [1.165, 1.54) is 11.1 Å². The summed E-state index contributed by atoms with van der Waals surface area (Å²) >= 11 is 0. The lowest BCUT2D eigenvalue weighted by Crippen LogP contribution is -2.53. The van der Waals surface area contributed by atoms with E-state index in [1.54, 1.807) is 0 Å². The largest absolute Gasteiger partial charge is 0.347 e. The minimum Gasteiger partial charge on any atom is -0.347 e. The topological polar surface area (TPSA) is 41.1 Å². The van der Waals surface area contributed by atoms with Gasteiger partial charge in [-0.2, -0.15) is 0 Å². The normalized spacial score (nSPS) is 13.3. The molecule has 0 bridgehead atoms. The van der Waals surface area contributed by atoms with Crippen molar-refractivity contribution in [1.82, 2.24) is 10.6 Å². The van der Waals surface area contributed by atoms with Crippen LogP contribution in [0.3, 0.4) is 0 Å². The second kappa shape index (κ2) is 7.60. The molecule has 3 nitrogen and oxygen atoms in total. The number of likely N-dealkylation sites (N-methyl/N-ethyl adjacent to an activating group) is 1. The summed E-state index contributed by atoms with van der Waals surface area (Å²) in [7, 11) is 0. The van der Waals surface area contributed by atoms with Crippen LogP contribution in [-0.4, -0.2) is 18.0 Å². The number of carbonyl (C=O) groups is 1. The summed E-state index contributed by atoms with van der Waals surface area (Å²) < 4.78 is 0. The highest BCUT2D eigenvalue weighted by Gasteiger charge is 2.29. The minimum absolute atomic E-state index is 0.0429. The minimum atomic E-state index is -0.550. The van der Waals surface area contributed by atoms with Crippen molar-refractivity contribution in [3.05, 3.63) is 35.4 Å². The smallest absolute Gasteiger partial charge is 0.240 e. The molecule has 1 aromatic carbocycles. The van der Waals surface area contributed by atoms with Crippen molar-refractivity contribution in [1.29, 1.82) is 0 Å². The number of nitrogens with one attached hydrogen (secondary N) is 2. The Hall–Kier alpha value is -1.35. The van der Waals surface area contributed by atoms with Gasteiger partial charge in [-0.05, 0) is 43.9 Å². The van der Waals surface area contributed by atoms with E-state index in [9.17, 15) is 4.79 Å². The Balaban J connectivity index is 2.89. The number of rotatable bonds is 7. The average Bonchev–Trinajstić information content (AvgIpc) is 2.44. The number of aryl methyl sites for hydroxylation is 1. The van der Waals surface area contributed by atoms with Crippen LogP contribution in [0.4, 0.5) is 0 Å². The third kappa shape index (κ3) is 4.85. The van der Waals surface area contributed by atoms with Gasteiger partial charge < -0.3 is 10.6 Å². The number of hydrogen-bond acceptors (Lipinski definition) is 2. The monoisotopic (exact) mass is 290 g/mol. The average molecular weight is 290 g/mol. The van der Waals surface area contributed by atoms with Gasteiger partial charge in [0, 0.05) is 0 Å². The lowest BCUT2D eigenvalue weighted by molar-refractivity contribution is -0.127. The number of amides is 1. The maximum absolute atomic E-state index is 12.5. The molecular weight excluding hydrogens is 260 g/mol. The molecule has 0 aromatic heterocycles. The summed E-state index contributed by atoms with van der Waals surface area (Å²) in [6.07, 6.45) is 1.03. The van der Waals surface area contributed by atoms with Crippen molar-refractivity contribution in [2.45, 2.75) is 59.5 Å². The molecule has 118 valence electrons. The number of hydrogen-bond donors (Lipinski definition) is 2. The van der Waals surface area contributed by atoms with E-state index >= 15 is 0 Å². The first-order chi connectivity index (χ1) is 9.81. The highest BCUT2D eigenvalue weighted by Crippen LogP contribution is 2.23. The molecule has 1 unspecified atom stereocenters. The van der Waals surface area contributed by atoms with E-state index in [4.69, 9.17) is 0 Å². The van der Waals surface area contributed by atoms with E-state index in [1.807, 2.05) is 20.8 Å². The van der Waals surface area contributed by atoms with Crippen molar-refractivity contribution in [2.24, 2.45) is 5.92 Å². The van der Waals surface area contributed by atoms with Gasteiger partial charge in [0.2, 0.25) is 5.91 Å². The second-order valence-corrected chi connectivity index (χ2v) is 6.45. The van der Waals surface area contributed by atoms with Crippen LogP contribution in [0.2, 0.25) is 0 Å². The Kier molecular flexibility index (Phi) is 6.41. The van der Waals surface area contributed by atoms with Crippen LogP contribution < -0.4 is 10.6 Å². The fourth-order valence-electron chi connectivity index (χ4n) is 2.44. The van der Waals surface area contributed by atoms with E-state index in [0.29, 0.717) is 5.92 Å². The van der Waals surface area contributed by atoms with Crippen LogP contribution >= 0.6 is 0 Å². The van der Waals surface area contributed by atoms with Gasteiger partial charge in [-0.15, -0.1) is 0 Å². The molecule has 21 heavy (non-hydrogen) atoms. The first kappa shape index (κ1) is 17.7. The summed E-state index contributed by atoms with van der Waals surface area (Å²) in [5.41, 5.74) is 1.94. The zero-order valence-corrected chi connectivity index (χ0v) is 14.3. The Morgan fingerprint density at radius 1 is 1.14 bits per heavy atom. The van der Waals surface area contributed by atoms with Gasteiger partial charge in [-0.1, -0.05) is 52.0 Å². The molecule has 0 aliphatic rings. The molecule has 0 aliphatic carbocycles. The fraction of sp³-hybridized carbons (Fsp3) is 0.611. The van der Waals surface area contributed by atoms with Crippen molar-refractivity contribution in [2.75, 3.05) is 6.54 Å². The van der Waals surface area contributed by atoms with Gasteiger partial charge in [0.1, 0.15) is 0 Å². The third-order valence-electron chi connectivity index (χ3n) is 3.89. The Labute approximate surface area is 129 Å². The van der Waals surface area contributed by atoms with Gasteiger partial charge in [0.05, 0.1) is 11.6 Å². The lowest BCUT2D eigenvalue weighted by atomic mass is 9.93. The Morgan fingerprint density at radius 2 is 1.71 bits per heavy atom. The summed E-state index contributed by atoms with van der Waals surface area (Å²) in [6, 6.07) is 8.59. The van der Waals surface area contributed by atoms with Crippen molar-refractivity contribution >= 4 is 5.91 Å². The van der Waals surface area contributed by atoms with Crippen molar-refractivity contribution in [3.8, 4) is 0 Å². The summed E-state index contributed by atoms with van der Waals surface area (Å²) in [5, 5.41) is 6.42. The van der Waals surface area contributed by atoms with E-state index in [-0.39, 0.29) is 11.9 Å². The molecule has 2 N–H and O–H groups in total. The fourth-order valence-corrected chi connectivity index (χ4v) is 2.44. The molecule has 3 heteroatoms. The van der Waals surface area contributed by atoms with Crippen LogP contribution in [0.1, 0.15) is 58.7 Å². The van der Waals surface area contributed by atoms with Crippen LogP contribution in [0.5, 0.6) is 0 Å².